The molecule has 2 N–H and O–H groups in total. The van der Waals surface area contributed by atoms with Crippen molar-refractivity contribution in [1.82, 2.24) is 25.3 Å². The van der Waals surface area contributed by atoms with Crippen LogP contribution >= 0.6 is 24.0 Å². The molecule has 0 spiro atoms. The number of nitrogens with one attached hydrogen (secondary N) is 2. The molecule has 134 valence electrons. The zero-order chi connectivity index (χ0) is 16.4. The van der Waals surface area contributed by atoms with Crippen molar-refractivity contribution in [2.75, 3.05) is 34.2 Å². The Hall–Kier alpha value is -0.830. The summed E-state index contributed by atoms with van der Waals surface area (Å²) in [5.41, 5.74) is 0. The topological polar surface area (TPSA) is 57.5 Å². The first-order chi connectivity index (χ1) is 10.5. The summed E-state index contributed by atoms with van der Waals surface area (Å²) in [6.45, 7) is 7.24. The van der Waals surface area contributed by atoms with E-state index in [1.165, 1.54) is 6.42 Å². The molecule has 0 aliphatic carbocycles. The molecule has 1 rings (SSSR count). The van der Waals surface area contributed by atoms with Gasteiger partial charge in [0, 0.05) is 45.1 Å². The molecule has 0 radical (unpaired) electrons. The first kappa shape index (κ1) is 22.2. The van der Waals surface area contributed by atoms with Gasteiger partial charge in [0.25, 0.3) is 0 Å². The number of hydrogen-bond donors (Lipinski definition) is 2. The number of guanidine groups is 1. The lowest BCUT2D eigenvalue weighted by Gasteiger charge is -2.27. The highest BCUT2D eigenvalue weighted by Gasteiger charge is 2.13. The Morgan fingerprint density at radius 3 is 2.57 bits per heavy atom. The summed E-state index contributed by atoms with van der Waals surface area (Å²) in [5.74, 6) is 1.56. The molecule has 1 aromatic heterocycles. The quantitative estimate of drug-likeness (QED) is 0.269. The van der Waals surface area contributed by atoms with Gasteiger partial charge < -0.3 is 15.5 Å². The van der Waals surface area contributed by atoms with Crippen molar-refractivity contribution in [3.63, 3.8) is 0 Å². The van der Waals surface area contributed by atoms with Crippen molar-refractivity contribution in [1.29, 1.82) is 0 Å². The Morgan fingerprint density at radius 1 is 1.30 bits per heavy atom. The molecule has 0 aliphatic rings. The maximum atomic E-state index is 4.29. The van der Waals surface area contributed by atoms with Crippen LogP contribution in [0.2, 0.25) is 0 Å². The predicted octanol–water partition coefficient (Wildman–Crippen LogP) is 2.03. The summed E-state index contributed by atoms with van der Waals surface area (Å²) in [6.07, 6.45) is 5.99. The molecule has 1 atom stereocenters. The van der Waals surface area contributed by atoms with Gasteiger partial charge in [0.1, 0.15) is 0 Å². The third-order valence-corrected chi connectivity index (χ3v) is 3.62. The fourth-order valence-corrected chi connectivity index (χ4v) is 2.34. The average molecular weight is 436 g/mol. The Balaban J connectivity index is 0.00000484. The lowest BCUT2D eigenvalue weighted by atomic mass is 10.0. The summed E-state index contributed by atoms with van der Waals surface area (Å²) in [7, 11) is 6.08. The largest absolute Gasteiger partial charge is 0.356 e. The molecule has 7 heteroatoms. The van der Waals surface area contributed by atoms with Crippen LogP contribution < -0.4 is 10.6 Å². The summed E-state index contributed by atoms with van der Waals surface area (Å²) in [5, 5.41) is 11.0. The van der Waals surface area contributed by atoms with Gasteiger partial charge in [-0.1, -0.05) is 13.8 Å². The standard InChI is InChI=1S/C16H32N6.HI/c1-14(2)12-15(21(4)5)13-19-16(17-3)18-8-6-10-22-11-7-9-20-22;/h7,9,11,14-15H,6,8,10,12-13H2,1-5H3,(H2,17,18,19);1H. The molecule has 0 fully saturated rings. The van der Waals surface area contributed by atoms with Gasteiger partial charge in [-0.3, -0.25) is 9.67 Å². The number of aliphatic imine (C=N–C) groups is 1. The summed E-state index contributed by atoms with van der Waals surface area (Å²) < 4.78 is 1.95. The number of aromatic nitrogens is 2. The van der Waals surface area contributed by atoms with E-state index in [9.17, 15) is 0 Å². The first-order valence-electron chi connectivity index (χ1n) is 8.11. The second-order valence-electron chi connectivity index (χ2n) is 6.25. The third-order valence-electron chi connectivity index (χ3n) is 3.62. The summed E-state index contributed by atoms with van der Waals surface area (Å²) in [6, 6.07) is 2.46. The van der Waals surface area contributed by atoms with Crippen LogP contribution in [0.1, 0.15) is 26.7 Å². The fraction of sp³-hybridized carbons (Fsp3) is 0.750. The van der Waals surface area contributed by atoms with Gasteiger partial charge in [0.05, 0.1) is 0 Å². The lowest BCUT2D eigenvalue weighted by molar-refractivity contribution is 0.254. The zero-order valence-electron chi connectivity index (χ0n) is 15.1. The van der Waals surface area contributed by atoms with Crippen molar-refractivity contribution in [2.45, 2.75) is 39.3 Å². The van der Waals surface area contributed by atoms with Crippen molar-refractivity contribution < 1.29 is 0 Å². The minimum atomic E-state index is 0. The number of aryl methyl sites for hydroxylation is 1. The highest BCUT2D eigenvalue weighted by atomic mass is 127. The van der Waals surface area contributed by atoms with Crippen molar-refractivity contribution in [3.05, 3.63) is 18.5 Å². The lowest BCUT2D eigenvalue weighted by Crippen LogP contribution is -2.45. The zero-order valence-corrected chi connectivity index (χ0v) is 17.4. The minimum Gasteiger partial charge on any atom is -0.356 e. The Kier molecular flexibility index (Phi) is 12.1. The molecule has 1 unspecified atom stereocenters. The van der Waals surface area contributed by atoms with E-state index >= 15 is 0 Å². The number of likely N-dealkylation sites (N-methyl/N-ethyl adjacent to an activating group) is 1. The molecule has 1 aromatic rings. The SMILES string of the molecule is CN=C(NCCCn1cccn1)NCC(CC(C)C)N(C)C.I. The van der Waals surface area contributed by atoms with Crippen LogP contribution in [0.25, 0.3) is 0 Å². The van der Waals surface area contributed by atoms with Crippen LogP contribution in [-0.2, 0) is 6.54 Å². The molecule has 0 bridgehead atoms. The van der Waals surface area contributed by atoms with E-state index in [1.54, 1.807) is 0 Å². The normalized spacial score (nSPS) is 13.1. The number of nitrogens with zero attached hydrogens (tertiary/aromatic N) is 4. The maximum Gasteiger partial charge on any atom is 0.191 e. The van der Waals surface area contributed by atoms with E-state index in [-0.39, 0.29) is 24.0 Å². The van der Waals surface area contributed by atoms with E-state index in [0.717, 1.165) is 32.0 Å². The molecule has 23 heavy (non-hydrogen) atoms. The number of halogens is 1. The fourth-order valence-electron chi connectivity index (χ4n) is 2.34. The highest BCUT2D eigenvalue weighted by molar-refractivity contribution is 14.0. The molecule has 1 heterocycles. The predicted molar refractivity (Wildman–Crippen MR) is 109 cm³/mol. The van der Waals surface area contributed by atoms with E-state index in [1.807, 2.05) is 30.2 Å². The van der Waals surface area contributed by atoms with Crippen LogP contribution in [-0.4, -0.2) is 60.9 Å². The van der Waals surface area contributed by atoms with Crippen LogP contribution in [0.5, 0.6) is 0 Å². The molecule has 0 aromatic carbocycles. The number of hydrogen-bond acceptors (Lipinski definition) is 3. The van der Waals surface area contributed by atoms with Gasteiger partial charge in [0.2, 0.25) is 0 Å². The first-order valence-corrected chi connectivity index (χ1v) is 8.11. The van der Waals surface area contributed by atoms with Gasteiger partial charge in [-0.2, -0.15) is 5.10 Å². The van der Waals surface area contributed by atoms with E-state index in [0.29, 0.717) is 12.0 Å². The van der Waals surface area contributed by atoms with E-state index in [4.69, 9.17) is 0 Å². The van der Waals surface area contributed by atoms with Gasteiger partial charge in [-0.15, -0.1) is 24.0 Å². The smallest absolute Gasteiger partial charge is 0.191 e. The summed E-state index contributed by atoms with van der Waals surface area (Å²) >= 11 is 0. The Morgan fingerprint density at radius 2 is 2.04 bits per heavy atom. The van der Waals surface area contributed by atoms with Gasteiger partial charge in [-0.05, 0) is 38.9 Å². The van der Waals surface area contributed by atoms with Crippen LogP contribution in [0.15, 0.2) is 23.5 Å². The van der Waals surface area contributed by atoms with E-state index in [2.05, 4.69) is 53.6 Å². The van der Waals surface area contributed by atoms with Crippen molar-refractivity contribution in [3.8, 4) is 0 Å². The van der Waals surface area contributed by atoms with Gasteiger partial charge in [0.15, 0.2) is 5.96 Å². The summed E-state index contributed by atoms with van der Waals surface area (Å²) in [4.78, 5) is 6.56. The molecular weight excluding hydrogens is 403 g/mol. The van der Waals surface area contributed by atoms with Crippen LogP contribution in [0.4, 0.5) is 0 Å². The highest BCUT2D eigenvalue weighted by Crippen LogP contribution is 2.07. The minimum absolute atomic E-state index is 0. The second-order valence-corrected chi connectivity index (χ2v) is 6.25. The molecule has 0 saturated heterocycles. The van der Waals surface area contributed by atoms with E-state index < -0.39 is 0 Å². The Bertz CT molecular complexity index is 416. The molecular formula is C16H33IN6. The maximum absolute atomic E-state index is 4.29. The van der Waals surface area contributed by atoms with Crippen molar-refractivity contribution in [2.24, 2.45) is 10.9 Å². The molecule has 0 amide bonds. The van der Waals surface area contributed by atoms with Gasteiger partial charge in [-0.25, -0.2) is 0 Å². The molecule has 0 aliphatic heterocycles. The van der Waals surface area contributed by atoms with Crippen LogP contribution in [0.3, 0.4) is 0 Å². The molecule has 0 saturated carbocycles. The monoisotopic (exact) mass is 436 g/mol. The Labute approximate surface area is 158 Å². The molecule has 6 nitrogen and oxygen atoms in total. The van der Waals surface area contributed by atoms with Crippen LogP contribution in [0, 0.1) is 5.92 Å². The number of rotatable bonds is 9. The third kappa shape index (κ3) is 9.80. The van der Waals surface area contributed by atoms with Gasteiger partial charge >= 0.3 is 0 Å². The van der Waals surface area contributed by atoms with Crippen molar-refractivity contribution >= 4 is 29.9 Å². The average Bonchev–Trinajstić information content (AvgIpc) is 2.97. The second kappa shape index (κ2) is 12.6.